The van der Waals surface area contributed by atoms with Crippen molar-refractivity contribution in [3.63, 3.8) is 0 Å². The van der Waals surface area contributed by atoms with Crippen molar-refractivity contribution in [2.45, 2.75) is 55.5 Å². The Labute approximate surface area is 192 Å². The van der Waals surface area contributed by atoms with Crippen LogP contribution in [0.3, 0.4) is 0 Å². The molecular weight excluding hydrogens is 473 g/mol. The fourth-order valence-electron chi connectivity index (χ4n) is 2.90. The molecule has 1 aliphatic heterocycles. The fraction of sp³-hybridized carbons (Fsp3) is 0.500. The minimum Gasteiger partial charge on any atom is -0.463 e. The van der Waals surface area contributed by atoms with Gasteiger partial charge in [0, 0.05) is 40.6 Å². The molecule has 1 aromatic carbocycles. The van der Waals surface area contributed by atoms with Gasteiger partial charge in [0.25, 0.3) is 0 Å². The van der Waals surface area contributed by atoms with Crippen molar-refractivity contribution in [3.8, 4) is 0 Å². The van der Waals surface area contributed by atoms with Gasteiger partial charge in [0.15, 0.2) is 0 Å². The van der Waals surface area contributed by atoms with Gasteiger partial charge in [-0.2, -0.15) is 0 Å². The zero-order valence-electron chi connectivity index (χ0n) is 16.7. The van der Waals surface area contributed by atoms with Crippen molar-refractivity contribution in [2.24, 2.45) is 5.11 Å². The van der Waals surface area contributed by atoms with Gasteiger partial charge in [0.1, 0.15) is 36.4 Å². The zero-order valence-corrected chi connectivity index (χ0v) is 19.0. The van der Waals surface area contributed by atoms with Gasteiger partial charge >= 0.3 is 17.9 Å². The molecule has 0 aromatic heterocycles. The standard InChI is InChI=1S/C18H19Cl2N3O7S/c1-8(24)27-7-14-16(28-9(2)25)15(22-23-21)17(29-10(3)26)18(30-14)31-13-5-11(19)4-12(20)6-13/h4-6,14-18H,7H2,1-3H3/t14-,15+,16+,17-,18-/m1/s1. The molecule has 1 aliphatic rings. The van der Waals surface area contributed by atoms with Crippen LogP contribution in [0.5, 0.6) is 0 Å². The molecule has 0 amide bonds. The first-order valence-corrected chi connectivity index (χ1v) is 10.5. The predicted octanol–water partition coefficient (Wildman–Crippen LogP) is 3.92. The van der Waals surface area contributed by atoms with Crippen molar-refractivity contribution in [1.29, 1.82) is 0 Å². The SMILES string of the molecule is CC(=O)OC[C@H]1O[C@H](Sc2cc(Cl)cc(Cl)c2)[C@H](OC(C)=O)[C@@H](N=[N+]=[N-])[C@H]1OC(C)=O. The van der Waals surface area contributed by atoms with E-state index in [1.54, 1.807) is 18.2 Å². The van der Waals surface area contributed by atoms with Crippen LogP contribution >= 0.6 is 35.0 Å². The van der Waals surface area contributed by atoms with Gasteiger partial charge in [0.2, 0.25) is 0 Å². The first kappa shape index (κ1) is 25.1. The lowest BCUT2D eigenvalue weighted by Gasteiger charge is -2.43. The second-order valence-corrected chi connectivity index (χ2v) is 8.46. The van der Waals surface area contributed by atoms with Crippen LogP contribution < -0.4 is 0 Å². The van der Waals surface area contributed by atoms with Crippen LogP contribution in [0, 0.1) is 0 Å². The maximum absolute atomic E-state index is 11.8. The predicted molar refractivity (Wildman–Crippen MR) is 112 cm³/mol. The van der Waals surface area contributed by atoms with Crippen LogP contribution in [0.4, 0.5) is 0 Å². The highest BCUT2D eigenvalue weighted by atomic mass is 35.5. The highest BCUT2D eigenvalue weighted by molar-refractivity contribution is 7.99. The number of halogens is 2. The smallest absolute Gasteiger partial charge is 0.303 e. The molecule has 31 heavy (non-hydrogen) atoms. The summed E-state index contributed by atoms with van der Waals surface area (Å²) in [4.78, 5) is 38.1. The second-order valence-electron chi connectivity index (χ2n) is 6.41. The first-order valence-electron chi connectivity index (χ1n) is 8.91. The highest BCUT2D eigenvalue weighted by Gasteiger charge is 2.50. The summed E-state index contributed by atoms with van der Waals surface area (Å²) in [6, 6.07) is 3.63. The number of nitrogens with zero attached hydrogens (tertiary/aromatic N) is 3. The summed E-state index contributed by atoms with van der Waals surface area (Å²) in [6.07, 6.45) is -3.30. The van der Waals surface area contributed by atoms with E-state index in [1.165, 1.54) is 13.8 Å². The maximum atomic E-state index is 11.8. The number of carbonyl (C=O) groups excluding carboxylic acids is 3. The molecule has 1 aromatic rings. The molecule has 13 heteroatoms. The highest BCUT2D eigenvalue weighted by Crippen LogP contribution is 2.39. The number of hydrogen-bond donors (Lipinski definition) is 0. The van der Waals surface area contributed by atoms with E-state index >= 15 is 0 Å². The molecule has 0 unspecified atom stereocenters. The normalized spacial score (nSPS) is 25.1. The average Bonchev–Trinajstić information content (AvgIpc) is 2.63. The molecule has 0 spiro atoms. The molecule has 2 rings (SSSR count). The molecule has 10 nitrogen and oxygen atoms in total. The van der Waals surface area contributed by atoms with Crippen LogP contribution in [0.1, 0.15) is 20.8 Å². The van der Waals surface area contributed by atoms with Crippen molar-refractivity contribution in [1.82, 2.24) is 0 Å². The summed E-state index contributed by atoms with van der Waals surface area (Å²) in [5.74, 6) is -1.94. The summed E-state index contributed by atoms with van der Waals surface area (Å²) in [7, 11) is 0. The molecule has 1 heterocycles. The molecule has 0 aliphatic carbocycles. The van der Waals surface area contributed by atoms with Gasteiger partial charge in [-0.3, -0.25) is 14.4 Å². The molecule has 0 saturated carbocycles. The van der Waals surface area contributed by atoms with Gasteiger partial charge < -0.3 is 18.9 Å². The summed E-state index contributed by atoms with van der Waals surface area (Å²) >= 11 is 13.2. The fourth-order valence-corrected chi connectivity index (χ4v) is 4.76. The zero-order chi connectivity index (χ0) is 23.1. The number of benzene rings is 1. The summed E-state index contributed by atoms with van der Waals surface area (Å²) in [5.41, 5.74) is 8.16. The first-order chi connectivity index (χ1) is 14.6. The Balaban J connectivity index is 2.46. The summed E-state index contributed by atoms with van der Waals surface area (Å²) in [6.45, 7) is 3.25. The number of esters is 3. The number of azide groups is 1. The topological polar surface area (TPSA) is 137 Å². The van der Waals surface area contributed by atoms with Gasteiger partial charge in [-0.05, 0) is 23.7 Å². The van der Waals surface area contributed by atoms with E-state index in [1.807, 2.05) is 0 Å². The summed E-state index contributed by atoms with van der Waals surface area (Å²) < 4.78 is 21.7. The van der Waals surface area contributed by atoms with Crippen LogP contribution in [0.25, 0.3) is 10.4 Å². The average molecular weight is 492 g/mol. The van der Waals surface area contributed by atoms with E-state index in [0.717, 1.165) is 18.7 Å². The van der Waals surface area contributed by atoms with Crippen molar-refractivity contribution in [3.05, 3.63) is 38.7 Å². The van der Waals surface area contributed by atoms with E-state index < -0.39 is 47.7 Å². The molecule has 0 bridgehead atoms. The van der Waals surface area contributed by atoms with Crippen LogP contribution in [-0.4, -0.2) is 54.3 Å². The van der Waals surface area contributed by atoms with Gasteiger partial charge in [-0.25, -0.2) is 0 Å². The maximum Gasteiger partial charge on any atom is 0.303 e. The Morgan fingerprint density at radius 1 is 1.06 bits per heavy atom. The van der Waals surface area contributed by atoms with E-state index in [9.17, 15) is 14.4 Å². The van der Waals surface area contributed by atoms with E-state index in [2.05, 4.69) is 10.0 Å². The van der Waals surface area contributed by atoms with Crippen LogP contribution in [0.15, 0.2) is 28.2 Å². The number of ether oxygens (including phenoxy) is 4. The number of thioether (sulfide) groups is 1. The van der Waals surface area contributed by atoms with Crippen molar-refractivity contribution in [2.75, 3.05) is 6.61 Å². The molecule has 1 saturated heterocycles. The van der Waals surface area contributed by atoms with Gasteiger partial charge in [-0.15, -0.1) is 0 Å². The van der Waals surface area contributed by atoms with Crippen LogP contribution in [0.2, 0.25) is 10.0 Å². The largest absolute Gasteiger partial charge is 0.463 e. The Bertz CT molecular complexity index is 877. The minimum absolute atomic E-state index is 0.287. The van der Waals surface area contributed by atoms with E-state index in [-0.39, 0.29) is 6.61 Å². The Kier molecular flexibility index (Phi) is 9.27. The molecule has 5 atom stereocenters. The van der Waals surface area contributed by atoms with Crippen LogP contribution in [-0.2, 0) is 33.3 Å². The Morgan fingerprint density at radius 2 is 1.65 bits per heavy atom. The van der Waals surface area contributed by atoms with Gasteiger partial charge in [0.05, 0.1) is 0 Å². The molecule has 0 radical (unpaired) electrons. The lowest BCUT2D eigenvalue weighted by Crippen LogP contribution is -2.59. The number of rotatable bonds is 7. The number of carbonyl (C=O) groups is 3. The lowest BCUT2D eigenvalue weighted by molar-refractivity contribution is -0.201. The second kappa shape index (κ2) is 11.4. The van der Waals surface area contributed by atoms with Gasteiger partial charge in [-0.1, -0.05) is 40.1 Å². The molecule has 168 valence electrons. The minimum atomic E-state index is -1.17. The third kappa shape index (κ3) is 7.48. The van der Waals surface area contributed by atoms with E-state index in [4.69, 9.17) is 47.7 Å². The quantitative estimate of drug-likeness (QED) is 0.184. The van der Waals surface area contributed by atoms with Crippen molar-refractivity contribution < 1.29 is 33.3 Å². The van der Waals surface area contributed by atoms with E-state index in [0.29, 0.717) is 14.9 Å². The summed E-state index contributed by atoms with van der Waals surface area (Å²) in [5, 5.41) is 4.44. The molecule has 1 fully saturated rings. The lowest BCUT2D eigenvalue weighted by atomic mass is 9.97. The third-order valence-electron chi connectivity index (χ3n) is 3.95. The monoisotopic (exact) mass is 491 g/mol. The molecule has 0 N–H and O–H groups in total. The number of hydrogen-bond acceptors (Lipinski definition) is 9. The Hall–Kier alpha value is -2.17. The molecular formula is C18H19Cl2N3O7S. The Morgan fingerprint density at radius 3 is 2.16 bits per heavy atom. The third-order valence-corrected chi connectivity index (χ3v) is 5.50. The van der Waals surface area contributed by atoms with Crippen molar-refractivity contribution >= 4 is 52.9 Å².